The van der Waals surface area contributed by atoms with E-state index in [1.165, 1.54) is 71.0 Å². The molecule has 0 aromatic carbocycles. The standard InChI is InChI=1S/C17H33N/c1-17(2,3)11-9-16-10-12-18(14-16)13-15-7-5-4-6-8-15/h15-16H,4-14H2,1-3H3/t16-/m0/s1. The molecule has 0 spiro atoms. The fraction of sp³-hybridized carbons (Fsp3) is 1.00. The van der Waals surface area contributed by atoms with Gasteiger partial charge in [-0.05, 0) is 55.9 Å². The van der Waals surface area contributed by atoms with Crippen molar-refractivity contribution in [2.45, 2.75) is 72.1 Å². The highest BCUT2D eigenvalue weighted by Gasteiger charge is 2.26. The van der Waals surface area contributed by atoms with Gasteiger partial charge in [-0.3, -0.25) is 0 Å². The highest BCUT2D eigenvalue weighted by atomic mass is 15.1. The van der Waals surface area contributed by atoms with Gasteiger partial charge in [0.1, 0.15) is 0 Å². The summed E-state index contributed by atoms with van der Waals surface area (Å²) in [5.41, 5.74) is 0.525. The molecule has 2 rings (SSSR count). The van der Waals surface area contributed by atoms with Crippen molar-refractivity contribution in [2.24, 2.45) is 17.3 Å². The number of rotatable bonds is 4. The van der Waals surface area contributed by atoms with Crippen LogP contribution in [0.3, 0.4) is 0 Å². The lowest BCUT2D eigenvalue weighted by Crippen LogP contribution is -2.28. The fourth-order valence-corrected chi connectivity index (χ4v) is 3.69. The molecule has 0 N–H and O–H groups in total. The quantitative estimate of drug-likeness (QED) is 0.699. The van der Waals surface area contributed by atoms with E-state index in [0.29, 0.717) is 5.41 Å². The fourth-order valence-electron chi connectivity index (χ4n) is 3.69. The Kier molecular flexibility index (Phi) is 5.12. The molecule has 2 fully saturated rings. The summed E-state index contributed by atoms with van der Waals surface area (Å²) in [7, 11) is 0. The second-order valence-electron chi connectivity index (χ2n) is 8.02. The van der Waals surface area contributed by atoms with Crippen LogP contribution in [0.2, 0.25) is 0 Å². The first-order chi connectivity index (χ1) is 8.53. The summed E-state index contributed by atoms with van der Waals surface area (Å²) in [6.07, 6.45) is 11.8. The molecule has 1 atom stereocenters. The van der Waals surface area contributed by atoms with E-state index in [4.69, 9.17) is 0 Å². The molecule has 1 aliphatic heterocycles. The molecule has 1 heterocycles. The average Bonchev–Trinajstić information content (AvgIpc) is 2.75. The Labute approximate surface area is 114 Å². The van der Waals surface area contributed by atoms with Gasteiger partial charge in [-0.1, -0.05) is 40.0 Å². The Balaban J connectivity index is 1.65. The normalized spacial score (nSPS) is 27.8. The highest BCUT2D eigenvalue weighted by molar-refractivity contribution is 4.80. The second kappa shape index (κ2) is 6.41. The van der Waals surface area contributed by atoms with E-state index in [0.717, 1.165) is 11.8 Å². The molecule has 0 radical (unpaired) electrons. The van der Waals surface area contributed by atoms with Gasteiger partial charge in [0.2, 0.25) is 0 Å². The SMILES string of the molecule is CC(C)(C)CC[C@H]1CCN(CC2CCCCC2)C1. The number of likely N-dealkylation sites (tertiary alicyclic amines) is 1. The summed E-state index contributed by atoms with van der Waals surface area (Å²) in [6.45, 7) is 11.3. The van der Waals surface area contributed by atoms with Gasteiger partial charge in [0.05, 0.1) is 0 Å². The molecule has 1 aliphatic carbocycles. The first kappa shape index (κ1) is 14.4. The van der Waals surface area contributed by atoms with Crippen LogP contribution in [-0.2, 0) is 0 Å². The van der Waals surface area contributed by atoms with Gasteiger partial charge in [-0.25, -0.2) is 0 Å². The zero-order valence-corrected chi connectivity index (χ0v) is 12.9. The zero-order valence-electron chi connectivity index (χ0n) is 12.9. The van der Waals surface area contributed by atoms with Crippen LogP contribution >= 0.6 is 0 Å². The minimum atomic E-state index is 0.525. The van der Waals surface area contributed by atoms with Crippen LogP contribution in [0.1, 0.15) is 72.1 Å². The van der Waals surface area contributed by atoms with Gasteiger partial charge < -0.3 is 4.90 Å². The lowest BCUT2D eigenvalue weighted by atomic mass is 9.86. The summed E-state index contributed by atoms with van der Waals surface area (Å²) in [5.74, 6) is 2.02. The van der Waals surface area contributed by atoms with Gasteiger partial charge in [0, 0.05) is 13.1 Å². The lowest BCUT2D eigenvalue weighted by Gasteiger charge is -2.27. The van der Waals surface area contributed by atoms with Crippen molar-refractivity contribution in [2.75, 3.05) is 19.6 Å². The number of hydrogen-bond acceptors (Lipinski definition) is 1. The van der Waals surface area contributed by atoms with E-state index < -0.39 is 0 Å². The smallest absolute Gasteiger partial charge is 0.00103 e. The number of hydrogen-bond donors (Lipinski definition) is 0. The van der Waals surface area contributed by atoms with Crippen LogP contribution in [0.25, 0.3) is 0 Å². The summed E-state index contributed by atoms with van der Waals surface area (Å²) in [6, 6.07) is 0. The van der Waals surface area contributed by atoms with Crippen molar-refractivity contribution in [1.29, 1.82) is 0 Å². The first-order valence-electron chi connectivity index (χ1n) is 8.25. The molecule has 0 bridgehead atoms. The summed E-state index contributed by atoms with van der Waals surface area (Å²) >= 11 is 0. The average molecular weight is 251 g/mol. The molecule has 1 saturated heterocycles. The van der Waals surface area contributed by atoms with Crippen molar-refractivity contribution >= 4 is 0 Å². The molecule has 1 heteroatoms. The molecule has 1 nitrogen and oxygen atoms in total. The molecule has 0 aromatic heterocycles. The summed E-state index contributed by atoms with van der Waals surface area (Å²) in [4.78, 5) is 2.77. The van der Waals surface area contributed by atoms with E-state index in [1.807, 2.05) is 0 Å². The van der Waals surface area contributed by atoms with Gasteiger partial charge in [0.15, 0.2) is 0 Å². The van der Waals surface area contributed by atoms with E-state index >= 15 is 0 Å². The van der Waals surface area contributed by atoms with E-state index in [1.54, 1.807) is 0 Å². The highest BCUT2D eigenvalue weighted by Crippen LogP contribution is 2.30. The summed E-state index contributed by atoms with van der Waals surface area (Å²) in [5, 5.41) is 0. The topological polar surface area (TPSA) is 3.24 Å². The molecule has 1 saturated carbocycles. The van der Waals surface area contributed by atoms with E-state index in [2.05, 4.69) is 25.7 Å². The molecule has 0 amide bonds. The second-order valence-corrected chi connectivity index (χ2v) is 8.02. The van der Waals surface area contributed by atoms with Gasteiger partial charge in [-0.15, -0.1) is 0 Å². The van der Waals surface area contributed by atoms with E-state index in [-0.39, 0.29) is 0 Å². The minimum absolute atomic E-state index is 0.525. The lowest BCUT2D eigenvalue weighted by molar-refractivity contribution is 0.224. The molecule has 18 heavy (non-hydrogen) atoms. The minimum Gasteiger partial charge on any atom is -0.303 e. The van der Waals surface area contributed by atoms with Crippen LogP contribution in [-0.4, -0.2) is 24.5 Å². The Morgan fingerprint density at radius 3 is 2.33 bits per heavy atom. The van der Waals surface area contributed by atoms with Crippen LogP contribution in [0.5, 0.6) is 0 Å². The van der Waals surface area contributed by atoms with Crippen LogP contribution in [0.15, 0.2) is 0 Å². The maximum absolute atomic E-state index is 2.77. The molecule has 0 unspecified atom stereocenters. The largest absolute Gasteiger partial charge is 0.303 e. The molecule has 106 valence electrons. The Morgan fingerprint density at radius 1 is 0.944 bits per heavy atom. The predicted molar refractivity (Wildman–Crippen MR) is 79.8 cm³/mol. The third kappa shape index (κ3) is 4.91. The van der Waals surface area contributed by atoms with E-state index in [9.17, 15) is 0 Å². The summed E-state index contributed by atoms with van der Waals surface area (Å²) < 4.78 is 0. The first-order valence-corrected chi connectivity index (χ1v) is 8.25. The third-order valence-electron chi connectivity index (χ3n) is 4.91. The molecular weight excluding hydrogens is 218 g/mol. The van der Waals surface area contributed by atoms with Crippen LogP contribution < -0.4 is 0 Å². The van der Waals surface area contributed by atoms with Crippen LogP contribution in [0, 0.1) is 17.3 Å². The van der Waals surface area contributed by atoms with Crippen molar-refractivity contribution in [3.05, 3.63) is 0 Å². The zero-order chi connectivity index (χ0) is 13.0. The molecular formula is C17H33N. The Bertz CT molecular complexity index is 234. The van der Waals surface area contributed by atoms with Crippen molar-refractivity contribution in [3.63, 3.8) is 0 Å². The van der Waals surface area contributed by atoms with Crippen molar-refractivity contribution in [1.82, 2.24) is 4.90 Å². The van der Waals surface area contributed by atoms with Crippen molar-refractivity contribution in [3.8, 4) is 0 Å². The van der Waals surface area contributed by atoms with Gasteiger partial charge in [0.25, 0.3) is 0 Å². The Morgan fingerprint density at radius 2 is 1.67 bits per heavy atom. The molecule has 0 aromatic rings. The van der Waals surface area contributed by atoms with Gasteiger partial charge in [-0.2, -0.15) is 0 Å². The monoisotopic (exact) mass is 251 g/mol. The number of nitrogens with zero attached hydrogens (tertiary/aromatic N) is 1. The van der Waals surface area contributed by atoms with Crippen LogP contribution in [0.4, 0.5) is 0 Å². The third-order valence-corrected chi connectivity index (χ3v) is 4.91. The maximum Gasteiger partial charge on any atom is 0.00103 e. The van der Waals surface area contributed by atoms with Crippen molar-refractivity contribution < 1.29 is 0 Å². The maximum atomic E-state index is 2.77. The Hall–Kier alpha value is -0.0400. The predicted octanol–water partition coefficient (Wildman–Crippen LogP) is 4.71. The molecule has 2 aliphatic rings. The van der Waals surface area contributed by atoms with Gasteiger partial charge >= 0.3 is 0 Å².